The molecule has 0 aliphatic carbocycles. The predicted molar refractivity (Wildman–Crippen MR) is 120 cm³/mol. The van der Waals surface area contributed by atoms with Crippen LogP contribution in [-0.4, -0.2) is 32.4 Å². The van der Waals surface area contributed by atoms with E-state index in [0.717, 1.165) is 16.9 Å². The number of aromatic amines is 1. The van der Waals surface area contributed by atoms with Crippen LogP contribution in [0.3, 0.4) is 0 Å². The van der Waals surface area contributed by atoms with E-state index in [2.05, 4.69) is 20.5 Å². The number of hydrazone groups is 1. The lowest BCUT2D eigenvalue weighted by Crippen LogP contribution is -2.29. The summed E-state index contributed by atoms with van der Waals surface area (Å²) in [5.41, 5.74) is 4.52. The predicted octanol–water partition coefficient (Wildman–Crippen LogP) is 2.12. The molecule has 9 nitrogen and oxygen atoms in total. The number of rotatable bonds is 7. The van der Waals surface area contributed by atoms with Crippen LogP contribution in [-0.2, 0) is 20.0 Å². The first-order chi connectivity index (χ1) is 15.1. The lowest BCUT2D eigenvalue weighted by molar-refractivity contribution is 0.415. The number of benzene rings is 2. The monoisotopic (exact) mass is 418 g/mol. The Bertz CT molecular complexity index is 1330. The van der Waals surface area contributed by atoms with Crippen molar-refractivity contribution in [2.24, 2.45) is 12.1 Å². The molecule has 31 heavy (non-hydrogen) atoms. The van der Waals surface area contributed by atoms with Crippen LogP contribution in [0.15, 0.2) is 69.3 Å². The number of ether oxygens (including phenoxy) is 1. The number of hydrogen-bond acceptors (Lipinski definition) is 6. The first-order valence-electron chi connectivity index (χ1n) is 9.73. The Kier molecular flexibility index (Phi) is 5.65. The third-order valence-corrected chi connectivity index (χ3v) is 4.97. The highest BCUT2D eigenvalue weighted by Gasteiger charge is 2.17. The number of aromatic nitrogens is 4. The van der Waals surface area contributed by atoms with Gasteiger partial charge in [0.15, 0.2) is 11.2 Å². The third-order valence-electron chi connectivity index (χ3n) is 4.97. The molecule has 0 saturated heterocycles. The van der Waals surface area contributed by atoms with E-state index >= 15 is 0 Å². The molecule has 0 aliphatic heterocycles. The van der Waals surface area contributed by atoms with Gasteiger partial charge in [0.05, 0.1) is 13.3 Å². The molecule has 0 unspecified atom stereocenters. The average molecular weight is 418 g/mol. The van der Waals surface area contributed by atoms with Crippen molar-refractivity contribution in [2.45, 2.75) is 13.0 Å². The lowest BCUT2D eigenvalue weighted by Gasteiger charge is -2.08. The summed E-state index contributed by atoms with van der Waals surface area (Å²) in [5, 5.41) is 4.26. The summed E-state index contributed by atoms with van der Waals surface area (Å²) in [6.07, 6.45) is 2.33. The van der Waals surface area contributed by atoms with Gasteiger partial charge < -0.3 is 9.30 Å². The van der Waals surface area contributed by atoms with Crippen molar-refractivity contribution in [2.75, 3.05) is 12.5 Å². The fourth-order valence-corrected chi connectivity index (χ4v) is 3.28. The minimum absolute atomic E-state index is 0.295. The maximum absolute atomic E-state index is 12.5. The van der Waals surface area contributed by atoms with E-state index in [4.69, 9.17) is 4.74 Å². The Hall–Kier alpha value is -4.14. The molecule has 0 fully saturated rings. The van der Waals surface area contributed by atoms with Crippen LogP contribution in [0.5, 0.6) is 5.75 Å². The number of methoxy groups -OCH3 is 1. The van der Waals surface area contributed by atoms with Gasteiger partial charge in [-0.1, -0.05) is 30.3 Å². The van der Waals surface area contributed by atoms with Gasteiger partial charge in [0, 0.05) is 13.6 Å². The van der Waals surface area contributed by atoms with E-state index in [-0.39, 0.29) is 0 Å². The quantitative estimate of drug-likeness (QED) is 0.353. The topological polar surface area (TPSA) is 106 Å². The highest BCUT2D eigenvalue weighted by atomic mass is 16.5. The first kappa shape index (κ1) is 20.1. The molecule has 9 heteroatoms. The molecule has 0 aliphatic rings. The second-order valence-electron chi connectivity index (χ2n) is 6.96. The van der Waals surface area contributed by atoms with Crippen molar-refractivity contribution in [3.63, 3.8) is 0 Å². The van der Waals surface area contributed by atoms with Crippen LogP contribution < -0.4 is 21.4 Å². The summed E-state index contributed by atoms with van der Waals surface area (Å²) in [4.78, 5) is 31.4. The molecule has 0 bridgehead atoms. The van der Waals surface area contributed by atoms with Crippen LogP contribution in [0.2, 0.25) is 0 Å². The Morgan fingerprint density at radius 1 is 1.13 bits per heavy atom. The smallest absolute Gasteiger partial charge is 0.329 e. The van der Waals surface area contributed by atoms with E-state index in [1.165, 1.54) is 4.57 Å². The number of H-pyrrole nitrogens is 1. The Labute approximate surface area is 177 Å². The van der Waals surface area contributed by atoms with Gasteiger partial charge in [-0.3, -0.25) is 14.3 Å². The largest absolute Gasteiger partial charge is 0.497 e. The molecule has 0 radical (unpaired) electrons. The summed E-state index contributed by atoms with van der Waals surface area (Å²) in [7, 11) is 3.18. The fourth-order valence-electron chi connectivity index (χ4n) is 3.28. The molecular formula is C22H22N6O3. The Morgan fingerprint density at radius 2 is 1.87 bits per heavy atom. The summed E-state index contributed by atoms with van der Waals surface area (Å²) in [6, 6.07) is 17.4. The summed E-state index contributed by atoms with van der Waals surface area (Å²) >= 11 is 0. The van der Waals surface area contributed by atoms with Crippen molar-refractivity contribution < 1.29 is 4.74 Å². The Morgan fingerprint density at radius 3 is 2.58 bits per heavy atom. The second-order valence-corrected chi connectivity index (χ2v) is 6.96. The van der Waals surface area contributed by atoms with Crippen LogP contribution >= 0.6 is 0 Å². The van der Waals surface area contributed by atoms with Crippen LogP contribution in [0.4, 0.5) is 5.95 Å². The molecule has 2 aromatic heterocycles. The highest BCUT2D eigenvalue weighted by Crippen LogP contribution is 2.17. The standard InChI is InChI=1S/C22H22N6O3/c1-27-19-18(20(29)25-22(27)30)28(13-12-15-6-4-3-5-7-15)21(24-19)26-23-14-16-8-10-17(31-2)11-9-16/h3-11,14H,12-13H2,1-2H3,(H,24,26)(H,25,29,30). The molecule has 4 rings (SSSR count). The van der Waals surface area contributed by atoms with Crippen molar-refractivity contribution in [1.82, 2.24) is 19.1 Å². The molecule has 2 heterocycles. The van der Waals surface area contributed by atoms with Gasteiger partial charge in [-0.05, 0) is 41.8 Å². The Balaban J connectivity index is 1.67. The molecule has 2 N–H and O–H groups in total. The maximum Gasteiger partial charge on any atom is 0.329 e. The molecule has 4 aromatic rings. The van der Waals surface area contributed by atoms with Gasteiger partial charge in [0.2, 0.25) is 5.95 Å². The first-order valence-corrected chi connectivity index (χ1v) is 9.73. The molecular weight excluding hydrogens is 396 g/mol. The normalized spacial score (nSPS) is 11.3. The van der Waals surface area contributed by atoms with Crippen LogP contribution in [0.1, 0.15) is 11.1 Å². The van der Waals surface area contributed by atoms with E-state index in [9.17, 15) is 9.59 Å². The highest BCUT2D eigenvalue weighted by molar-refractivity contribution is 5.80. The lowest BCUT2D eigenvalue weighted by atomic mass is 10.1. The molecule has 2 aromatic carbocycles. The molecule has 0 spiro atoms. The van der Waals surface area contributed by atoms with Crippen molar-refractivity contribution in [3.8, 4) is 5.75 Å². The summed E-state index contributed by atoms with van der Waals surface area (Å²) in [6.45, 7) is 0.488. The van der Waals surface area contributed by atoms with Crippen molar-refractivity contribution in [3.05, 3.63) is 86.6 Å². The van der Waals surface area contributed by atoms with E-state index in [0.29, 0.717) is 30.1 Å². The second kappa shape index (κ2) is 8.70. The van der Waals surface area contributed by atoms with Crippen molar-refractivity contribution in [1.29, 1.82) is 0 Å². The molecule has 0 atom stereocenters. The third kappa shape index (κ3) is 4.25. The van der Waals surface area contributed by atoms with Gasteiger partial charge in [0.25, 0.3) is 5.56 Å². The fraction of sp³-hybridized carbons (Fsp3) is 0.182. The number of nitrogens with zero attached hydrogens (tertiary/aromatic N) is 4. The van der Waals surface area contributed by atoms with Gasteiger partial charge in [-0.2, -0.15) is 10.1 Å². The number of imidazole rings is 1. The average Bonchev–Trinajstić information content (AvgIpc) is 3.16. The van der Waals surface area contributed by atoms with Crippen LogP contribution in [0, 0.1) is 0 Å². The summed E-state index contributed by atoms with van der Waals surface area (Å²) < 4.78 is 8.21. The van der Waals surface area contributed by atoms with Gasteiger partial charge >= 0.3 is 5.69 Å². The molecule has 158 valence electrons. The number of fused-ring (bicyclic) bond motifs is 1. The van der Waals surface area contributed by atoms with E-state index in [1.807, 2.05) is 54.6 Å². The molecule has 0 amide bonds. The zero-order valence-corrected chi connectivity index (χ0v) is 17.2. The molecule has 0 saturated carbocycles. The van der Waals surface area contributed by atoms with Gasteiger partial charge in [-0.15, -0.1) is 0 Å². The van der Waals surface area contributed by atoms with Gasteiger partial charge in [-0.25, -0.2) is 10.2 Å². The van der Waals surface area contributed by atoms with E-state index in [1.54, 1.807) is 24.9 Å². The number of aryl methyl sites for hydroxylation is 3. The van der Waals surface area contributed by atoms with Crippen molar-refractivity contribution >= 4 is 23.3 Å². The minimum Gasteiger partial charge on any atom is -0.497 e. The number of nitrogens with one attached hydrogen (secondary N) is 2. The SMILES string of the molecule is COc1ccc(C=NNc2nc3c(c(=O)[nH]c(=O)n3C)n2CCc2ccccc2)cc1. The van der Waals surface area contributed by atoms with E-state index < -0.39 is 11.2 Å². The number of anilines is 1. The zero-order valence-electron chi connectivity index (χ0n) is 17.2. The minimum atomic E-state index is -0.515. The van der Waals surface area contributed by atoms with Gasteiger partial charge in [0.1, 0.15) is 5.75 Å². The zero-order chi connectivity index (χ0) is 21.8. The summed E-state index contributed by atoms with van der Waals surface area (Å²) in [5.74, 6) is 1.13. The number of hydrogen-bond donors (Lipinski definition) is 2. The maximum atomic E-state index is 12.5. The van der Waals surface area contributed by atoms with Crippen LogP contribution in [0.25, 0.3) is 11.2 Å².